The van der Waals surface area contributed by atoms with Crippen molar-refractivity contribution in [2.75, 3.05) is 0 Å². The molecule has 2 aliphatic rings. The first-order valence-electron chi connectivity index (χ1n) is 19.9. The molecule has 1 aliphatic carbocycles. The minimum atomic E-state index is 0.637. The van der Waals surface area contributed by atoms with Crippen LogP contribution in [0.1, 0.15) is 37.2 Å². The lowest BCUT2D eigenvalue weighted by atomic mass is 9.83. The van der Waals surface area contributed by atoms with E-state index >= 15 is 0 Å². The van der Waals surface area contributed by atoms with Gasteiger partial charge in [-0.3, -0.25) is 0 Å². The van der Waals surface area contributed by atoms with Gasteiger partial charge in [0.1, 0.15) is 0 Å². The predicted octanol–water partition coefficient (Wildman–Crippen LogP) is 15.7. The summed E-state index contributed by atoms with van der Waals surface area (Å²) in [6, 6.07) is 58.2. The summed E-state index contributed by atoms with van der Waals surface area (Å²) in [5, 5.41) is 5.92. The fourth-order valence-corrected chi connectivity index (χ4v) is 13.0. The van der Waals surface area contributed by atoms with E-state index in [4.69, 9.17) is 9.97 Å². The third-order valence-corrected chi connectivity index (χ3v) is 15.9. The number of benzene rings is 7. The summed E-state index contributed by atoms with van der Waals surface area (Å²) in [7, 11) is 0. The van der Waals surface area contributed by atoms with Gasteiger partial charge in [0.15, 0.2) is 5.82 Å². The zero-order valence-corrected chi connectivity index (χ0v) is 33.6. The smallest absolute Gasteiger partial charge is 0.160 e. The van der Waals surface area contributed by atoms with Crippen LogP contribution in [0.3, 0.4) is 0 Å². The third kappa shape index (κ3) is 5.74. The number of thioether (sulfide) groups is 1. The summed E-state index contributed by atoms with van der Waals surface area (Å²) in [5.74, 6) is 1.38. The van der Waals surface area contributed by atoms with Crippen molar-refractivity contribution in [3.05, 3.63) is 163 Å². The average Bonchev–Trinajstić information content (AvgIpc) is 3.97. The van der Waals surface area contributed by atoms with E-state index in [2.05, 4.69) is 169 Å². The molecule has 3 aromatic heterocycles. The molecule has 0 spiro atoms. The van der Waals surface area contributed by atoms with Crippen LogP contribution in [-0.4, -0.2) is 15.2 Å². The third-order valence-electron chi connectivity index (χ3n) is 12.1. The Morgan fingerprint density at radius 1 is 0.421 bits per heavy atom. The Hall–Kier alpha value is -5.59. The Labute approximate surface area is 343 Å². The first kappa shape index (κ1) is 33.5. The second-order valence-electron chi connectivity index (χ2n) is 15.5. The van der Waals surface area contributed by atoms with Crippen molar-refractivity contribution < 1.29 is 0 Å². The maximum absolute atomic E-state index is 5.43. The van der Waals surface area contributed by atoms with Crippen molar-refractivity contribution in [3.8, 4) is 56.2 Å². The fourth-order valence-electron chi connectivity index (χ4n) is 9.30. The number of thiophene rings is 2. The van der Waals surface area contributed by atoms with Gasteiger partial charge in [-0.25, -0.2) is 9.97 Å². The van der Waals surface area contributed by atoms with Crippen LogP contribution in [0.5, 0.6) is 0 Å². The molecule has 0 N–H and O–H groups in total. The molecule has 1 fully saturated rings. The number of aromatic nitrogens is 2. The van der Waals surface area contributed by atoms with Crippen molar-refractivity contribution in [2.24, 2.45) is 0 Å². The molecular formula is C52H36N2S3. The number of rotatable bonds is 5. The van der Waals surface area contributed by atoms with Crippen LogP contribution in [0, 0.1) is 0 Å². The fraction of sp³-hybridized carbons (Fsp3) is 0.115. The normalized spacial score (nSPS) is 16.4. The Morgan fingerprint density at radius 2 is 1.04 bits per heavy atom. The summed E-state index contributed by atoms with van der Waals surface area (Å²) in [6.07, 6.45) is 5.27. The van der Waals surface area contributed by atoms with Crippen molar-refractivity contribution >= 4 is 74.8 Å². The zero-order chi connectivity index (χ0) is 37.5. The Balaban J connectivity index is 1.08. The van der Waals surface area contributed by atoms with E-state index in [-0.39, 0.29) is 0 Å². The van der Waals surface area contributed by atoms with Gasteiger partial charge in [0.2, 0.25) is 0 Å². The largest absolute Gasteiger partial charge is 0.228 e. The molecule has 2 atom stereocenters. The molecule has 0 amide bonds. The minimum Gasteiger partial charge on any atom is -0.228 e. The van der Waals surface area contributed by atoms with E-state index in [1.165, 1.54) is 98.7 Å². The van der Waals surface area contributed by atoms with E-state index in [0.29, 0.717) is 11.2 Å². The predicted molar refractivity (Wildman–Crippen MR) is 246 cm³/mol. The zero-order valence-electron chi connectivity index (χ0n) is 31.1. The van der Waals surface area contributed by atoms with Crippen LogP contribution in [0.25, 0.3) is 96.5 Å². The highest BCUT2D eigenvalue weighted by Crippen LogP contribution is 2.53. The van der Waals surface area contributed by atoms with Gasteiger partial charge in [-0.15, -0.1) is 34.4 Å². The van der Waals surface area contributed by atoms with Gasteiger partial charge in [-0.2, -0.15) is 0 Å². The standard InChI is InChI=1S/C52H36N2S3/c1-2-10-31(11-3-1)52-53-44(35-21-25-51-43(29-35)39-14-6-9-17-48(39)57-51)30-45(54-52)40-26-32(33-19-23-49-41(27-33)37-12-4-7-15-46(37)55-49)18-22-36(40)34-20-24-50-42(28-34)38-13-5-8-16-47(38)56-50/h1-5,7-8,10-13,15-16,18-30,39,48H,6,9,14,17H2. The molecule has 272 valence electrons. The molecule has 12 rings (SSSR count). The van der Waals surface area contributed by atoms with Crippen molar-refractivity contribution in [1.29, 1.82) is 0 Å². The Kier molecular flexibility index (Phi) is 7.96. The lowest BCUT2D eigenvalue weighted by molar-refractivity contribution is 0.461. The molecule has 2 nitrogen and oxygen atoms in total. The van der Waals surface area contributed by atoms with Crippen LogP contribution in [0.15, 0.2) is 163 Å². The van der Waals surface area contributed by atoms with Gasteiger partial charge in [0.05, 0.1) is 11.4 Å². The van der Waals surface area contributed by atoms with Crippen LogP contribution >= 0.6 is 34.4 Å². The molecule has 2 unspecified atom stereocenters. The van der Waals surface area contributed by atoms with Crippen molar-refractivity contribution in [1.82, 2.24) is 9.97 Å². The average molecular weight is 785 g/mol. The van der Waals surface area contributed by atoms with E-state index in [1.54, 1.807) is 0 Å². The van der Waals surface area contributed by atoms with E-state index in [9.17, 15) is 0 Å². The second kappa shape index (κ2) is 13.5. The second-order valence-corrected chi connectivity index (χ2v) is 19.0. The number of nitrogens with zero attached hydrogens (tertiary/aromatic N) is 2. The first-order valence-corrected chi connectivity index (χ1v) is 22.4. The molecule has 1 aliphatic heterocycles. The molecular weight excluding hydrogens is 749 g/mol. The van der Waals surface area contributed by atoms with Crippen molar-refractivity contribution in [2.45, 2.75) is 41.7 Å². The van der Waals surface area contributed by atoms with Crippen molar-refractivity contribution in [3.63, 3.8) is 0 Å². The molecule has 0 saturated heterocycles. The highest BCUT2D eigenvalue weighted by Gasteiger charge is 2.35. The maximum Gasteiger partial charge on any atom is 0.160 e. The minimum absolute atomic E-state index is 0.637. The van der Waals surface area contributed by atoms with E-state index in [0.717, 1.165) is 33.9 Å². The molecule has 57 heavy (non-hydrogen) atoms. The molecule has 7 aromatic carbocycles. The van der Waals surface area contributed by atoms with Gasteiger partial charge in [-0.1, -0.05) is 110 Å². The van der Waals surface area contributed by atoms with Crippen LogP contribution < -0.4 is 0 Å². The van der Waals surface area contributed by atoms with Crippen LogP contribution in [0.2, 0.25) is 0 Å². The maximum atomic E-state index is 5.43. The number of hydrogen-bond acceptors (Lipinski definition) is 5. The van der Waals surface area contributed by atoms with Gasteiger partial charge in [0.25, 0.3) is 0 Å². The molecule has 1 saturated carbocycles. The van der Waals surface area contributed by atoms with Crippen LogP contribution in [-0.2, 0) is 0 Å². The van der Waals surface area contributed by atoms with Gasteiger partial charge in [-0.05, 0) is 107 Å². The summed E-state index contributed by atoms with van der Waals surface area (Å²) < 4.78 is 5.26. The van der Waals surface area contributed by atoms with Crippen LogP contribution in [0.4, 0.5) is 0 Å². The molecule has 10 aromatic rings. The monoisotopic (exact) mass is 784 g/mol. The quantitative estimate of drug-likeness (QED) is 0.174. The summed E-state index contributed by atoms with van der Waals surface area (Å²) in [6.45, 7) is 0. The Morgan fingerprint density at radius 3 is 1.82 bits per heavy atom. The highest BCUT2D eigenvalue weighted by atomic mass is 32.2. The lowest BCUT2D eigenvalue weighted by Gasteiger charge is -2.24. The SMILES string of the molecule is c1ccc(-c2nc(-c3ccc4c(c3)C3CCCCC3S4)cc(-c3cc(-c4ccc5sc6ccccc6c5c4)ccc3-c3ccc4sc5ccccc5c4c3)n2)cc1. The van der Waals surface area contributed by atoms with Gasteiger partial charge >= 0.3 is 0 Å². The molecule has 5 heteroatoms. The highest BCUT2D eigenvalue weighted by molar-refractivity contribution is 8.00. The molecule has 0 bridgehead atoms. The van der Waals surface area contributed by atoms with Gasteiger partial charge in [0, 0.05) is 67.2 Å². The Bertz CT molecular complexity index is 3190. The number of fused-ring (bicyclic) bond motifs is 9. The van der Waals surface area contributed by atoms with Gasteiger partial charge < -0.3 is 0 Å². The lowest BCUT2D eigenvalue weighted by Crippen LogP contribution is -2.15. The summed E-state index contributed by atoms with van der Waals surface area (Å²) >= 11 is 5.82. The van der Waals surface area contributed by atoms with E-state index in [1.807, 2.05) is 22.7 Å². The number of hydrogen-bond donors (Lipinski definition) is 0. The topological polar surface area (TPSA) is 25.8 Å². The van der Waals surface area contributed by atoms with E-state index < -0.39 is 0 Å². The summed E-state index contributed by atoms with van der Waals surface area (Å²) in [4.78, 5) is 12.2. The first-order chi connectivity index (χ1) is 28.2. The molecule has 0 radical (unpaired) electrons. The molecule has 4 heterocycles. The summed E-state index contributed by atoms with van der Waals surface area (Å²) in [5.41, 5.74) is 11.4.